The maximum absolute atomic E-state index is 13.8. The first-order valence-electron chi connectivity index (χ1n) is 8.56. The van der Waals surface area contributed by atoms with Gasteiger partial charge in [-0.25, -0.2) is 4.39 Å². The Labute approximate surface area is 151 Å². The summed E-state index contributed by atoms with van der Waals surface area (Å²) in [5.74, 6) is -6.28. The summed E-state index contributed by atoms with van der Waals surface area (Å²) in [5, 5.41) is 10.8. The zero-order valence-electron chi connectivity index (χ0n) is 15.0. The van der Waals surface area contributed by atoms with E-state index in [1.54, 1.807) is 13.8 Å². The average Bonchev–Trinajstić information content (AvgIpc) is 2.53. The maximum atomic E-state index is 13.8. The molecule has 2 rings (SSSR count). The highest BCUT2D eigenvalue weighted by Crippen LogP contribution is 2.46. The molecule has 1 aromatic carbocycles. The standard InChI is InChI=1S/C19H23FO6/c1-4-25-17(22)15-13(21)10-19(3,24)16(18(23)26-5-2)14(15)11-7-6-8-12(20)9-11/h6-9,14-16,24H,4-5,10H2,1-3H3/t14-,15+,16+,19-/m1/s1. The second kappa shape index (κ2) is 7.95. The lowest BCUT2D eigenvalue weighted by atomic mass is 9.61. The van der Waals surface area contributed by atoms with Crippen molar-refractivity contribution in [2.24, 2.45) is 11.8 Å². The van der Waals surface area contributed by atoms with Crippen LogP contribution in [0.1, 0.15) is 38.7 Å². The van der Waals surface area contributed by atoms with Gasteiger partial charge in [0.15, 0.2) is 5.78 Å². The van der Waals surface area contributed by atoms with Crippen molar-refractivity contribution < 1.29 is 33.4 Å². The van der Waals surface area contributed by atoms with Crippen LogP contribution in [0.3, 0.4) is 0 Å². The molecule has 1 aliphatic rings. The number of benzene rings is 1. The molecule has 6 nitrogen and oxygen atoms in total. The number of Topliss-reactive ketones (excluding diaryl/α,β-unsaturated/α-hetero) is 1. The van der Waals surface area contributed by atoms with E-state index in [1.807, 2.05) is 0 Å². The Morgan fingerprint density at radius 2 is 1.85 bits per heavy atom. The topological polar surface area (TPSA) is 89.9 Å². The van der Waals surface area contributed by atoms with Gasteiger partial charge in [-0.15, -0.1) is 0 Å². The van der Waals surface area contributed by atoms with Gasteiger partial charge in [-0.2, -0.15) is 0 Å². The fraction of sp³-hybridized carbons (Fsp3) is 0.526. The molecule has 1 aliphatic carbocycles. The van der Waals surface area contributed by atoms with Crippen molar-refractivity contribution in [2.45, 2.75) is 38.7 Å². The lowest BCUT2D eigenvalue weighted by molar-refractivity contribution is -0.172. The predicted octanol–water partition coefficient (Wildman–Crippen LogP) is 1.99. The molecule has 1 fully saturated rings. The van der Waals surface area contributed by atoms with Gasteiger partial charge in [-0.1, -0.05) is 12.1 Å². The van der Waals surface area contributed by atoms with Crippen LogP contribution in [0.25, 0.3) is 0 Å². The second-order valence-corrected chi connectivity index (χ2v) is 6.54. The summed E-state index contributed by atoms with van der Waals surface area (Å²) in [4.78, 5) is 37.6. The van der Waals surface area contributed by atoms with Gasteiger partial charge in [-0.3, -0.25) is 14.4 Å². The van der Waals surface area contributed by atoms with Crippen LogP contribution in [0.4, 0.5) is 4.39 Å². The summed E-state index contributed by atoms with van der Waals surface area (Å²) in [6.07, 6.45) is -0.397. The van der Waals surface area contributed by atoms with Gasteiger partial charge >= 0.3 is 11.9 Å². The highest BCUT2D eigenvalue weighted by molar-refractivity contribution is 6.02. The number of esters is 2. The summed E-state index contributed by atoms with van der Waals surface area (Å²) in [7, 11) is 0. The van der Waals surface area contributed by atoms with Crippen LogP contribution in [-0.2, 0) is 23.9 Å². The highest BCUT2D eigenvalue weighted by atomic mass is 19.1. The van der Waals surface area contributed by atoms with Crippen LogP contribution in [0, 0.1) is 17.7 Å². The molecule has 0 unspecified atom stereocenters. The van der Waals surface area contributed by atoms with Crippen LogP contribution < -0.4 is 0 Å². The molecule has 4 atom stereocenters. The molecule has 0 amide bonds. The van der Waals surface area contributed by atoms with Gasteiger partial charge in [0.1, 0.15) is 11.7 Å². The maximum Gasteiger partial charge on any atom is 0.317 e. The highest BCUT2D eigenvalue weighted by Gasteiger charge is 2.57. The molecule has 0 bridgehead atoms. The van der Waals surface area contributed by atoms with Gasteiger partial charge < -0.3 is 14.6 Å². The lowest BCUT2D eigenvalue weighted by Gasteiger charge is -2.43. The van der Waals surface area contributed by atoms with Crippen molar-refractivity contribution in [2.75, 3.05) is 13.2 Å². The van der Waals surface area contributed by atoms with E-state index in [1.165, 1.54) is 25.1 Å². The summed E-state index contributed by atoms with van der Waals surface area (Å²) in [6.45, 7) is 4.68. The largest absolute Gasteiger partial charge is 0.466 e. The van der Waals surface area contributed by atoms with Gasteiger partial charge in [0, 0.05) is 12.3 Å². The molecule has 0 aromatic heterocycles. The van der Waals surface area contributed by atoms with Gasteiger partial charge in [0.25, 0.3) is 0 Å². The molecule has 26 heavy (non-hydrogen) atoms. The Morgan fingerprint density at radius 1 is 1.23 bits per heavy atom. The van der Waals surface area contributed by atoms with E-state index in [4.69, 9.17) is 9.47 Å². The Kier molecular flexibility index (Phi) is 6.13. The van der Waals surface area contributed by atoms with Crippen molar-refractivity contribution in [1.82, 2.24) is 0 Å². The summed E-state index contributed by atoms with van der Waals surface area (Å²) < 4.78 is 23.9. The van der Waals surface area contributed by atoms with E-state index in [2.05, 4.69) is 0 Å². The molecule has 0 radical (unpaired) electrons. The van der Waals surface area contributed by atoms with Gasteiger partial charge in [0.05, 0.1) is 24.7 Å². The third-order valence-corrected chi connectivity index (χ3v) is 4.58. The first kappa shape index (κ1) is 20.0. The summed E-state index contributed by atoms with van der Waals surface area (Å²) >= 11 is 0. The molecule has 0 aliphatic heterocycles. The quantitative estimate of drug-likeness (QED) is 0.633. The Balaban J connectivity index is 2.61. The van der Waals surface area contributed by atoms with Crippen LogP contribution in [-0.4, -0.2) is 41.6 Å². The fourth-order valence-electron chi connectivity index (χ4n) is 3.59. The number of rotatable bonds is 5. The summed E-state index contributed by atoms with van der Waals surface area (Å²) in [6, 6.07) is 5.30. The van der Waals surface area contributed by atoms with Gasteiger partial charge in [0.2, 0.25) is 0 Å². The molecule has 142 valence electrons. The Hall–Kier alpha value is -2.28. The van der Waals surface area contributed by atoms with E-state index in [0.29, 0.717) is 0 Å². The zero-order valence-corrected chi connectivity index (χ0v) is 15.0. The zero-order chi connectivity index (χ0) is 19.5. The molecule has 0 spiro atoms. The minimum atomic E-state index is -1.73. The number of carbonyl (C=O) groups excluding carboxylic acids is 3. The van der Waals surface area contributed by atoms with E-state index in [-0.39, 0.29) is 18.8 Å². The molecule has 1 aromatic rings. The third kappa shape index (κ3) is 3.93. The number of hydrogen-bond donors (Lipinski definition) is 1. The Morgan fingerprint density at radius 3 is 2.42 bits per heavy atom. The normalized spacial score (nSPS) is 28.5. The number of halogens is 1. The van der Waals surface area contributed by atoms with Crippen LogP contribution in [0.5, 0.6) is 0 Å². The van der Waals surface area contributed by atoms with E-state index in [9.17, 15) is 23.9 Å². The molecule has 0 saturated heterocycles. The van der Waals surface area contributed by atoms with Crippen LogP contribution in [0.15, 0.2) is 24.3 Å². The molecule has 1 N–H and O–H groups in total. The van der Waals surface area contributed by atoms with Gasteiger partial charge in [-0.05, 0) is 38.5 Å². The molecule has 0 heterocycles. The number of aliphatic hydroxyl groups is 1. The predicted molar refractivity (Wildman–Crippen MR) is 89.6 cm³/mol. The first-order valence-corrected chi connectivity index (χ1v) is 8.56. The van der Waals surface area contributed by atoms with E-state index < -0.39 is 53.3 Å². The monoisotopic (exact) mass is 366 g/mol. The fourth-order valence-corrected chi connectivity index (χ4v) is 3.59. The van der Waals surface area contributed by atoms with Crippen molar-refractivity contribution >= 4 is 17.7 Å². The smallest absolute Gasteiger partial charge is 0.317 e. The molecular weight excluding hydrogens is 343 g/mol. The van der Waals surface area contributed by atoms with Crippen molar-refractivity contribution in [3.05, 3.63) is 35.6 Å². The number of ketones is 1. The number of carbonyl (C=O) groups is 3. The van der Waals surface area contributed by atoms with E-state index >= 15 is 0 Å². The van der Waals surface area contributed by atoms with Crippen molar-refractivity contribution in [3.63, 3.8) is 0 Å². The second-order valence-electron chi connectivity index (χ2n) is 6.54. The summed E-state index contributed by atoms with van der Waals surface area (Å²) in [5.41, 5.74) is -1.47. The van der Waals surface area contributed by atoms with Crippen molar-refractivity contribution in [1.29, 1.82) is 0 Å². The SMILES string of the molecule is CCOC(=O)[C@H]1C(=O)C[C@@](C)(O)[C@H](C(=O)OCC)[C@@H]1c1cccc(F)c1. The lowest BCUT2D eigenvalue weighted by Crippen LogP contribution is -2.55. The average molecular weight is 366 g/mol. The van der Waals surface area contributed by atoms with E-state index in [0.717, 1.165) is 6.07 Å². The minimum Gasteiger partial charge on any atom is -0.466 e. The van der Waals surface area contributed by atoms with Crippen molar-refractivity contribution in [3.8, 4) is 0 Å². The van der Waals surface area contributed by atoms with Crippen LogP contribution in [0.2, 0.25) is 0 Å². The third-order valence-electron chi connectivity index (χ3n) is 4.58. The number of ether oxygens (including phenoxy) is 2. The molecule has 1 saturated carbocycles. The first-order chi connectivity index (χ1) is 12.2. The Bertz CT molecular complexity index is 699. The molecule has 7 heteroatoms. The minimum absolute atomic E-state index is 0.0545. The van der Waals surface area contributed by atoms with Crippen LogP contribution >= 0.6 is 0 Å². The molecular formula is C19H23FO6. The number of hydrogen-bond acceptors (Lipinski definition) is 6.